The standard InChI is InChI=1S/C13H23N3O/c1-4-16-10-12(9-14-16)13(17)5-7-15(8-6-13)11(2)3/h9-11,17H,4-8H2,1-3H3. The Bertz CT molecular complexity index is 364. The van der Waals surface area contributed by atoms with Crippen LogP contribution >= 0.6 is 0 Å². The second kappa shape index (κ2) is 4.78. The summed E-state index contributed by atoms with van der Waals surface area (Å²) < 4.78 is 1.88. The molecule has 4 nitrogen and oxygen atoms in total. The number of nitrogens with zero attached hydrogens (tertiary/aromatic N) is 3. The molecular formula is C13H23N3O. The maximum Gasteiger partial charge on any atom is 0.0951 e. The van der Waals surface area contributed by atoms with E-state index in [4.69, 9.17) is 0 Å². The average molecular weight is 237 g/mol. The van der Waals surface area contributed by atoms with Crippen molar-refractivity contribution in [1.29, 1.82) is 0 Å². The number of hydrogen-bond acceptors (Lipinski definition) is 3. The Morgan fingerprint density at radius 2 is 2.06 bits per heavy atom. The fourth-order valence-corrected chi connectivity index (χ4v) is 2.48. The number of aromatic nitrogens is 2. The minimum atomic E-state index is -0.668. The lowest BCUT2D eigenvalue weighted by Gasteiger charge is -2.39. The molecule has 0 atom stereocenters. The Hall–Kier alpha value is -0.870. The van der Waals surface area contributed by atoms with Crippen molar-refractivity contribution in [1.82, 2.24) is 14.7 Å². The van der Waals surface area contributed by atoms with E-state index in [0.717, 1.165) is 38.0 Å². The molecule has 1 saturated heterocycles. The summed E-state index contributed by atoms with van der Waals surface area (Å²) in [6, 6.07) is 0.568. The lowest BCUT2D eigenvalue weighted by molar-refractivity contribution is -0.0324. The molecule has 1 aliphatic rings. The first-order chi connectivity index (χ1) is 8.05. The van der Waals surface area contributed by atoms with E-state index < -0.39 is 5.60 Å². The maximum atomic E-state index is 10.7. The Labute approximate surface area is 103 Å². The van der Waals surface area contributed by atoms with Crippen molar-refractivity contribution >= 4 is 0 Å². The predicted octanol–water partition coefficient (Wildman–Crippen LogP) is 1.59. The molecule has 17 heavy (non-hydrogen) atoms. The van der Waals surface area contributed by atoms with Crippen LogP contribution in [0.2, 0.25) is 0 Å². The van der Waals surface area contributed by atoms with Crippen LogP contribution in [0.1, 0.15) is 39.2 Å². The number of aliphatic hydroxyl groups is 1. The van der Waals surface area contributed by atoms with Gasteiger partial charge in [-0.2, -0.15) is 5.10 Å². The zero-order valence-electron chi connectivity index (χ0n) is 11.1. The average Bonchev–Trinajstić information content (AvgIpc) is 2.78. The van der Waals surface area contributed by atoms with Gasteiger partial charge in [0, 0.05) is 37.4 Å². The van der Waals surface area contributed by atoms with Gasteiger partial charge < -0.3 is 10.0 Å². The molecule has 0 unspecified atom stereocenters. The summed E-state index contributed by atoms with van der Waals surface area (Å²) in [5.74, 6) is 0. The van der Waals surface area contributed by atoms with E-state index in [1.165, 1.54) is 0 Å². The molecule has 1 N–H and O–H groups in total. The van der Waals surface area contributed by atoms with Crippen LogP contribution < -0.4 is 0 Å². The lowest BCUT2D eigenvalue weighted by atomic mass is 9.86. The number of likely N-dealkylation sites (tertiary alicyclic amines) is 1. The molecule has 1 fully saturated rings. The molecule has 1 aliphatic heterocycles. The fourth-order valence-electron chi connectivity index (χ4n) is 2.48. The van der Waals surface area contributed by atoms with Crippen molar-refractivity contribution in [3.05, 3.63) is 18.0 Å². The van der Waals surface area contributed by atoms with Crippen LogP contribution in [0.3, 0.4) is 0 Å². The van der Waals surface area contributed by atoms with Crippen molar-refractivity contribution in [3.8, 4) is 0 Å². The minimum absolute atomic E-state index is 0.568. The van der Waals surface area contributed by atoms with Crippen molar-refractivity contribution in [2.45, 2.75) is 51.8 Å². The van der Waals surface area contributed by atoms with E-state index >= 15 is 0 Å². The van der Waals surface area contributed by atoms with Crippen molar-refractivity contribution < 1.29 is 5.11 Å². The van der Waals surface area contributed by atoms with Crippen molar-refractivity contribution in [3.63, 3.8) is 0 Å². The highest BCUT2D eigenvalue weighted by Gasteiger charge is 2.35. The summed E-state index contributed by atoms with van der Waals surface area (Å²) in [7, 11) is 0. The second-order valence-corrected chi connectivity index (χ2v) is 5.25. The molecule has 0 aliphatic carbocycles. The molecule has 0 bridgehead atoms. The van der Waals surface area contributed by atoms with Gasteiger partial charge in [0.05, 0.1) is 11.8 Å². The van der Waals surface area contributed by atoms with Crippen LogP contribution in [0, 0.1) is 0 Å². The van der Waals surface area contributed by atoms with Crippen molar-refractivity contribution in [2.24, 2.45) is 0 Å². The topological polar surface area (TPSA) is 41.3 Å². The van der Waals surface area contributed by atoms with Crippen LogP contribution in [0.25, 0.3) is 0 Å². The van der Waals surface area contributed by atoms with Crippen LogP contribution in [0.15, 0.2) is 12.4 Å². The molecular weight excluding hydrogens is 214 g/mol. The maximum absolute atomic E-state index is 10.7. The zero-order valence-corrected chi connectivity index (χ0v) is 11.1. The molecule has 2 rings (SSSR count). The second-order valence-electron chi connectivity index (χ2n) is 5.25. The third kappa shape index (κ3) is 2.53. The van der Waals surface area contributed by atoms with Crippen LogP contribution in [-0.2, 0) is 12.1 Å². The van der Waals surface area contributed by atoms with Gasteiger partial charge >= 0.3 is 0 Å². The molecule has 0 aromatic carbocycles. The minimum Gasteiger partial charge on any atom is -0.385 e. The highest BCUT2D eigenvalue weighted by molar-refractivity contribution is 5.16. The first-order valence-electron chi connectivity index (χ1n) is 6.54. The van der Waals surface area contributed by atoms with Gasteiger partial charge in [-0.1, -0.05) is 0 Å². The van der Waals surface area contributed by atoms with E-state index in [2.05, 4.69) is 30.8 Å². The number of rotatable bonds is 3. The molecule has 96 valence electrons. The largest absolute Gasteiger partial charge is 0.385 e. The van der Waals surface area contributed by atoms with Gasteiger partial charge in [0.2, 0.25) is 0 Å². The summed E-state index contributed by atoms with van der Waals surface area (Å²) in [5.41, 5.74) is 0.307. The van der Waals surface area contributed by atoms with E-state index in [-0.39, 0.29) is 0 Å². The van der Waals surface area contributed by atoms with E-state index in [9.17, 15) is 5.11 Å². The zero-order chi connectivity index (χ0) is 12.5. The van der Waals surface area contributed by atoms with Crippen LogP contribution in [0.4, 0.5) is 0 Å². The highest BCUT2D eigenvalue weighted by Crippen LogP contribution is 2.32. The third-order valence-corrected chi connectivity index (χ3v) is 3.85. The number of hydrogen-bond donors (Lipinski definition) is 1. The summed E-state index contributed by atoms with van der Waals surface area (Å²) in [6.07, 6.45) is 5.40. The summed E-state index contributed by atoms with van der Waals surface area (Å²) in [4.78, 5) is 2.42. The van der Waals surface area contributed by atoms with Crippen LogP contribution in [-0.4, -0.2) is 38.9 Å². The molecule has 0 spiro atoms. The van der Waals surface area contributed by atoms with Gasteiger partial charge in [0.1, 0.15) is 0 Å². The molecule has 1 aromatic rings. The predicted molar refractivity (Wildman–Crippen MR) is 67.7 cm³/mol. The molecule has 0 amide bonds. The SMILES string of the molecule is CCn1cc(C2(O)CCN(C(C)C)CC2)cn1. The first kappa shape index (κ1) is 12.6. The lowest BCUT2D eigenvalue weighted by Crippen LogP contribution is -2.45. The van der Waals surface area contributed by atoms with Gasteiger partial charge in [0.25, 0.3) is 0 Å². The Morgan fingerprint density at radius 3 is 2.53 bits per heavy atom. The molecule has 2 heterocycles. The highest BCUT2D eigenvalue weighted by atomic mass is 16.3. The van der Waals surface area contributed by atoms with Gasteiger partial charge in [-0.3, -0.25) is 4.68 Å². The Kier molecular flexibility index (Phi) is 3.54. The monoisotopic (exact) mass is 237 g/mol. The summed E-state index contributed by atoms with van der Waals surface area (Å²) in [5, 5.41) is 14.9. The molecule has 1 aromatic heterocycles. The van der Waals surface area contributed by atoms with E-state index in [1.54, 1.807) is 0 Å². The van der Waals surface area contributed by atoms with Gasteiger partial charge in [0.15, 0.2) is 0 Å². The Morgan fingerprint density at radius 1 is 1.41 bits per heavy atom. The third-order valence-electron chi connectivity index (χ3n) is 3.85. The van der Waals surface area contributed by atoms with Gasteiger partial charge in [-0.25, -0.2) is 0 Å². The quantitative estimate of drug-likeness (QED) is 0.868. The summed E-state index contributed by atoms with van der Waals surface area (Å²) in [6.45, 7) is 9.26. The summed E-state index contributed by atoms with van der Waals surface area (Å²) >= 11 is 0. The fraction of sp³-hybridized carbons (Fsp3) is 0.769. The van der Waals surface area contributed by atoms with Gasteiger partial charge in [-0.05, 0) is 33.6 Å². The van der Waals surface area contributed by atoms with E-state index in [0.29, 0.717) is 6.04 Å². The Balaban J connectivity index is 2.06. The molecule has 0 radical (unpaired) electrons. The van der Waals surface area contributed by atoms with Crippen LogP contribution in [0.5, 0.6) is 0 Å². The number of aryl methyl sites for hydroxylation is 1. The van der Waals surface area contributed by atoms with Crippen molar-refractivity contribution in [2.75, 3.05) is 13.1 Å². The normalized spacial score (nSPS) is 21.0. The molecule has 4 heteroatoms. The molecule has 0 saturated carbocycles. The van der Waals surface area contributed by atoms with Gasteiger partial charge in [-0.15, -0.1) is 0 Å². The number of piperidine rings is 1. The van der Waals surface area contributed by atoms with E-state index in [1.807, 2.05) is 17.1 Å². The smallest absolute Gasteiger partial charge is 0.0951 e. The first-order valence-corrected chi connectivity index (χ1v) is 6.54.